The van der Waals surface area contributed by atoms with E-state index in [0.29, 0.717) is 23.7 Å². The van der Waals surface area contributed by atoms with Gasteiger partial charge in [-0.15, -0.1) is 0 Å². The lowest BCUT2D eigenvalue weighted by atomic mass is 9.75. The molecular weight excluding hydrogens is 330 g/mol. The summed E-state index contributed by atoms with van der Waals surface area (Å²) >= 11 is 0. The number of piperidine rings is 1. The van der Waals surface area contributed by atoms with Crippen LogP contribution in [0.1, 0.15) is 39.0 Å². The van der Waals surface area contributed by atoms with Crippen LogP contribution in [-0.4, -0.2) is 38.6 Å². The highest BCUT2D eigenvalue weighted by Gasteiger charge is 2.34. The van der Waals surface area contributed by atoms with Crippen LogP contribution in [0.3, 0.4) is 0 Å². The van der Waals surface area contributed by atoms with E-state index >= 15 is 0 Å². The number of methoxy groups -OCH3 is 1. The molecule has 2 aliphatic rings. The van der Waals surface area contributed by atoms with Crippen LogP contribution >= 0.6 is 0 Å². The number of carbonyl (C=O) groups is 2. The molecule has 1 aromatic carbocycles. The maximum atomic E-state index is 12.6. The van der Waals surface area contributed by atoms with Crippen molar-refractivity contribution in [2.24, 2.45) is 11.8 Å². The minimum Gasteiger partial charge on any atom is -0.495 e. The highest BCUT2D eigenvalue weighted by atomic mass is 16.5. The Hall–Kier alpha value is -2.08. The van der Waals surface area contributed by atoms with Crippen molar-refractivity contribution in [2.75, 3.05) is 37.4 Å². The molecule has 0 aromatic heterocycles. The zero-order chi connectivity index (χ0) is 18.5. The Kier molecular flexibility index (Phi) is 6.14. The van der Waals surface area contributed by atoms with Crippen LogP contribution in [0.5, 0.6) is 5.75 Å². The fraction of sp³-hybridized carbons (Fsp3) is 0.600. The fourth-order valence-corrected chi connectivity index (χ4v) is 4.46. The molecule has 1 saturated carbocycles. The van der Waals surface area contributed by atoms with E-state index in [9.17, 15) is 9.59 Å². The molecule has 3 N–H and O–H groups in total. The van der Waals surface area contributed by atoms with E-state index in [1.807, 2.05) is 0 Å². The number of carbonyl (C=O) groups excluding carboxylic acids is 2. The molecule has 6 heteroatoms. The normalized spacial score (nSPS) is 25.1. The Bertz CT molecular complexity index is 662. The lowest BCUT2D eigenvalue weighted by Crippen LogP contribution is -3.15. The first kappa shape index (κ1) is 18.7. The molecule has 1 unspecified atom stereocenters. The zero-order valence-electron chi connectivity index (χ0n) is 15.8. The molecule has 3 atom stereocenters. The van der Waals surface area contributed by atoms with Crippen LogP contribution in [0.2, 0.25) is 0 Å². The van der Waals surface area contributed by atoms with E-state index in [-0.39, 0.29) is 11.8 Å². The van der Waals surface area contributed by atoms with Crippen molar-refractivity contribution in [3.8, 4) is 5.75 Å². The number of benzene rings is 1. The number of fused-ring (bicyclic) bond motifs is 1. The van der Waals surface area contributed by atoms with E-state index < -0.39 is 0 Å². The zero-order valence-corrected chi connectivity index (χ0v) is 15.8. The Balaban J connectivity index is 1.59. The van der Waals surface area contributed by atoms with E-state index in [0.717, 1.165) is 24.9 Å². The van der Waals surface area contributed by atoms with E-state index in [2.05, 4.69) is 10.6 Å². The molecule has 0 bridgehead atoms. The van der Waals surface area contributed by atoms with Gasteiger partial charge in [-0.1, -0.05) is 12.8 Å². The van der Waals surface area contributed by atoms with Crippen LogP contribution in [0.15, 0.2) is 18.2 Å². The van der Waals surface area contributed by atoms with Gasteiger partial charge in [-0.05, 0) is 43.4 Å². The average molecular weight is 360 g/mol. The molecule has 1 aliphatic carbocycles. The van der Waals surface area contributed by atoms with E-state index in [1.54, 1.807) is 25.3 Å². The summed E-state index contributed by atoms with van der Waals surface area (Å²) in [7, 11) is 1.57. The number of quaternary nitrogens is 1. The summed E-state index contributed by atoms with van der Waals surface area (Å²) < 4.78 is 5.33. The largest absolute Gasteiger partial charge is 0.495 e. The maximum Gasteiger partial charge on any atom is 0.279 e. The second-order valence-corrected chi connectivity index (χ2v) is 7.62. The molecule has 0 radical (unpaired) electrons. The van der Waals surface area contributed by atoms with Gasteiger partial charge >= 0.3 is 0 Å². The number of hydrogen-bond acceptors (Lipinski definition) is 3. The van der Waals surface area contributed by atoms with Gasteiger partial charge < -0.3 is 20.3 Å². The lowest BCUT2D eigenvalue weighted by molar-refractivity contribution is -0.902. The third-order valence-electron chi connectivity index (χ3n) is 5.69. The summed E-state index contributed by atoms with van der Waals surface area (Å²) in [5.41, 5.74) is 1.24. The summed E-state index contributed by atoms with van der Waals surface area (Å²) in [5, 5.41) is 5.69. The number of anilines is 2. The Morgan fingerprint density at radius 2 is 1.92 bits per heavy atom. The molecule has 1 saturated heterocycles. The Labute approximate surface area is 155 Å². The van der Waals surface area contributed by atoms with Gasteiger partial charge in [0.15, 0.2) is 6.54 Å². The topological polar surface area (TPSA) is 71.9 Å². The fourth-order valence-electron chi connectivity index (χ4n) is 4.46. The molecule has 142 valence electrons. The van der Waals surface area contributed by atoms with Crippen molar-refractivity contribution in [3.05, 3.63) is 18.2 Å². The molecule has 0 spiro atoms. The molecule has 1 aromatic rings. The van der Waals surface area contributed by atoms with Crippen LogP contribution in [0, 0.1) is 11.8 Å². The number of rotatable bonds is 5. The average Bonchev–Trinajstić information content (AvgIpc) is 2.61. The Morgan fingerprint density at radius 3 is 2.65 bits per heavy atom. The van der Waals surface area contributed by atoms with Crippen molar-refractivity contribution >= 4 is 23.2 Å². The number of nitrogens with one attached hydrogen (secondary N) is 3. The lowest BCUT2D eigenvalue weighted by Gasteiger charge is -2.38. The first-order valence-corrected chi connectivity index (χ1v) is 9.64. The van der Waals surface area contributed by atoms with Gasteiger partial charge in [-0.25, -0.2) is 0 Å². The van der Waals surface area contributed by atoms with Gasteiger partial charge in [0.25, 0.3) is 5.91 Å². The van der Waals surface area contributed by atoms with Crippen LogP contribution in [0.25, 0.3) is 0 Å². The van der Waals surface area contributed by atoms with E-state index in [1.165, 1.54) is 43.9 Å². The van der Waals surface area contributed by atoms with Crippen molar-refractivity contribution in [1.29, 1.82) is 0 Å². The minimum absolute atomic E-state index is 0.00691. The van der Waals surface area contributed by atoms with Crippen LogP contribution in [0.4, 0.5) is 11.4 Å². The van der Waals surface area contributed by atoms with Crippen molar-refractivity contribution in [2.45, 2.75) is 39.0 Å². The third kappa shape index (κ3) is 4.75. The molecule has 2 amide bonds. The van der Waals surface area contributed by atoms with Gasteiger partial charge in [0.2, 0.25) is 5.91 Å². The number of hydrogen-bond donors (Lipinski definition) is 3. The second-order valence-electron chi connectivity index (χ2n) is 7.62. The molecule has 1 heterocycles. The van der Waals surface area contributed by atoms with Gasteiger partial charge in [0.1, 0.15) is 5.75 Å². The summed E-state index contributed by atoms with van der Waals surface area (Å²) in [6.07, 6.45) is 6.66. The first-order valence-electron chi connectivity index (χ1n) is 9.64. The number of amides is 2. The monoisotopic (exact) mass is 360 g/mol. The van der Waals surface area contributed by atoms with Crippen LogP contribution in [-0.2, 0) is 9.59 Å². The highest BCUT2D eigenvalue weighted by Crippen LogP contribution is 2.32. The summed E-state index contributed by atoms with van der Waals surface area (Å²) in [6.45, 7) is 4.14. The standard InChI is InChI=1S/C20H29N3O3/c1-14(24)21-17-7-8-19(26-2)18(11-17)22-20(25)13-23-10-9-15-5-3-4-6-16(15)12-23/h7-8,11,15-16H,3-6,9-10,12-13H2,1-2H3,(H,21,24)(H,22,25)/p+1/t15-,16+/m0/s1. The molecule has 3 rings (SSSR count). The van der Waals surface area contributed by atoms with Crippen molar-refractivity contribution in [3.63, 3.8) is 0 Å². The summed E-state index contributed by atoms with van der Waals surface area (Å²) in [6, 6.07) is 5.25. The first-order chi connectivity index (χ1) is 12.5. The molecule has 1 aliphatic heterocycles. The molecular formula is C20H30N3O3+. The van der Waals surface area contributed by atoms with Gasteiger partial charge in [0.05, 0.1) is 25.9 Å². The van der Waals surface area contributed by atoms with Crippen molar-refractivity contribution in [1.82, 2.24) is 0 Å². The third-order valence-corrected chi connectivity index (χ3v) is 5.69. The predicted molar refractivity (Wildman–Crippen MR) is 102 cm³/mol. The predicted octanol–water partition coefficient (Wildman–Crippen LogP) is 1.69. The Morgan fingerprint density at radius 1 is 1.15 bits per heavy atom. The smallest absolute Gasteiger partial charge is 0.279 e. The summed E-state index contributed by atoms with van der Waals surface area (Å²) in [4.78, 5) is 25.2. The molecule has 2 fully saturated rings. The second kappa shape index (κ2) is 8.54. The molecule has 26 heavy (non-hydrogen) atoms. The number of likely N-dealkylation sites (tertiary alicyclic amines) is 1. The molecule has 6 nitrogen and oxygen atoms in total. The minimum atomic E-state index is -0.146. The van der Waals surface area contributed by atoms with Crippen molar-refractivity contribution < 1.29 is 19.2 Å². The quantitative estimate of drug-likeness (QED) is 0.748. The van der Waals surface area contributed by atoms with E-state index in [4.69, 9.17) is 4.74 Å². The highest BCUT2D eigenvalue weighted by molar-refractivity contribution is 5.95. The van der Waals surface area contributed by atoms with Gasteiger partial charge in [-0.2, -0.15) is 0 Å². The number of ether oxygens (including phenoxy) is 1. The van der Waals surface area contributed by atoms with Gasteiger partial charge in [0, 0.05) is 18.5 Å². The maximum absolute atomic E-state index is 12.6. The van der Waals surface area contributed by atoms with Gasteiger partial charge in [-0.3, -0.25) is 9.59 Å². The summed E-state index contributed by atoms with van der Waals surface area (Å²) in [5.74, 6) is 2.11. The SMILES string of the molecule is COc1ccc(NC(C)=O)cc1NC(=O)C[NH+]1CC[C@@H]2CCCC[C@@H]2C1. The van der Waals surface area contributed by atoms with Crippen LogP contribution < -0.4 is 20.3 Å².